The summed E-state index contributed by atoms with van der Waals surface area (Å²) in [6.45, 7) is 3.45. The normalized spacial score (nSPS) is 27.7. The number of urea groups is 1. The smallest absolute Gasteiger partial charge is 0.317 e. The van der Waals surface area contributed by atoms with Gasteiger partial charge in [-0.2, -0.15) is 5.10 Å². The van der Waals surface area contributed by atoms with E-state index in [1.807, 2.05) is 11.8 Å². The first-order chi connectivity index (χ1) is 11.5. The van der Waals surface area contributed by atoms with Crippen LogP contribution in [0.2, 0.25) is 0 Å². The molecular weight excluding hydrogens is 308 g/mol. The second-order valence-electron chi connectivity index (χ2n) is 7.10. The molecule has 1 saturated heterocycles. The summed E-state index contributed by atoms with van der Waals surface area (Å²) in [5.74, 6) is -0.675. The molecule has 1 aliphatic heterocycles. The van der Waals surface area contributed by atoms with Crippen molar-refractivity contribution < 1.29 is 14.7 Å². The maximum atomic E-state index is 12.5. The zero-order chi connectivity index (χ0) is 17.1. The fourth-order valence-corrected chi connectivity index (χ4v) is 3.80. The molecule has 132 valence electrons. The number of hydrogen-bond donors (Lipinski definition) is 3. The number of amides is 2. The van der Waals surface area contributed by atoms with E-state index >= 15 is 0 Å². The lowest BCUT2D eigenvalue weighted by atomic mass is 9.86. The fraction of sp³-hybridized carbons (Fsp3) is 0.706. The predicted molar refractivity (Wildman–Crippen MR) is 88.8 cm³/mol. The van der Waals surface area contributed by atoms with Crippen LogP contribution in [-0.2, 0) is 4.79 Å². The van der Waals surface area contributed by atoms with Gasteiger partial charge in [0.15, 0.2) is 0 Å². The number of aliphatic carboxylic acids is 1. The number of H-pyrrole nitrogens is 1. The van der Waals surface area contributed by atoms with Crippen molar-refractivity contribution in [1.29, 1.82) is 0 Å². The highest BCUT2D eigenvalue weighted by Crippen LogP contribution is 2.27. The summed E-state index contributed by atoms with van der Waals surface area (Å²) in [5.41, 5.74) is 2.08. The lowest BCUT2D eigenvalue weighted by Crippen LogP contribution is -2.49. The highest BCUT2D eigenvalue weighted by atomic mass is 16.4. The Labute approximate surface area is 141 Å². The molecular formula is C17H26N4O3. The molecule has 7 nitrogen and oxygen atoms in total. The van der Waals surface area contributed by atoms with Gasteiger partial charge in [-0.15, -0.1) is 0 Å². The third-order valence-electron chi connectivity index (χ3n) is 5.26. The Hall–Kier alpha value is -2.05. The summed E-state index contributed by atoms with van der Waals surface area (Å²) in [5, 5.41) is 19.4. The standard InChI is InChI=1S/C17H26N4O3/c1-11-9-15(20-19-11)13-3-2-8-21(10-13)17(24)18-14-6-4-12(5-7-14)16(22)23/h9,12-14H,2-8,10H2,1H3,(H,18,24)(H,19,20)(H,22,23). The van der Waals surface area contributed by atoms with Crippen LogP contribution in [0.4, 0.5) is 4.79 Å². The van der Waals surface area contributed by atoms with Crippen molar-refractivity contribution in [2.24, 2.45) is 5.92 Å². The van der Waals surface area contributed by atoms with Crippen molar-refractivity contribution in [3.05, 3.63) is 17.5 Å². The average molecular weight is 334 g/mol. The summed E-state index contributed by atoms with van der Waals surface area (Å²) < 4.78 is 0. The van der Waals surface area contributed by atoms with Crippen molar-refractivity contribution in [3.8, 4) is 0 Å². The molecule has 0 spiro atoms. The molecule has 0 bridgehead atoms. The van der Waals surface area contributed by atoms with Gasteiger partial charge in [0.25, 0.3) is 0 Å². The van der Waals surface area contributed by atoms with Crippen molar-refractivity contribution in [2.45, 2.75) is 57.4 Å². The van der Waals surface area contributed by atoms with Gasteiger partial charge in [0.2, 0.25) is 0 Å². The maximum Gasteiger partial charge on any atom is 0.317 e. The lowest BCUT2D eigenvalue weighted by molar-refractivity contribution is -0.142. The molecule has 1 aliphatic carbocycles. The summed E-state index contributed by atoms with van der Waals surface area (Å²) in [7, 11) is 0. The van der Waals surface area contributed by atoms with Gasteiger partial charge in [-0.3, -0.25) is 9.89 Å². The molecule has 24 heavy (non-hydrogen) atoms. The molecule has 2 fully saturated rings. The van der Waals surface area contributed by atoms with E-state index in [1.165, 1.54) is 0 Å². The predicted octanol–water partition coefficient (Wildman–Crippen LogP) is 2.25. The fourth-order valence-electron chi connectivity index (χ4n) is 3.80. The van der Waals surface area contributed by atoms with E-state index < -0.39 is 5.97 Å². The first kappa shape index (κ1) is 16.8. The van der Waals surface area contributed by atoms with Crippen LogP contribution in [0, 0.1) is 12.8 Å². The summed E-state index contributed by atoms with van der Waals surface area (Å²) in [6, 6.07) is 2.13. The van der Waals surface area contributed by atoms with Crippen molar-refractivity contribution in [3.63, 3.8) is 0 Å². The Bertz CT molecular complexity index is 592. The number of nitrogens with zero attached hydrogens (tertiary/aromatic N) is 2. The van der Waals surface area contributed by atoms with Crippen LogP contribution in [0.1, 0.15) is 55.8 Å². The topological polar surface area (TPSA) is 98.3 Å². The molecule has 0 aromatic carbocycles. The molecule has 1 aromatic heterocycles. The second-order valence-corrected chi connectivity index (χ2v) is 7.10. The van der Waals surface area contributed by atoms with Gasteiger partial charge < -0.3 is 15.3 Å². The quantitative estimate of drug-likeness (QED) is 0.789. The Morgan fingerprint density at radius 3 is 2.67 bits per heavy atom. The van der Waals surface area contributed by atoms with E-state index in [4.69, 9.17) is 5.11 Å². The first-order valence-electron chi connectivity index (χ1n) is 8.83. The third-order valence-corrected chi connectivity index (χ3v) is 5.26. The van der Waals surface area contributed by atoms with Crippen LogP contribution >= 0.6 is 0 Å². The Balaban J connectivity index is 1.51. The van der Waals surface area contributed by atoms with E-state index in [-0.39, 0.29) is 23.9 Å². The molecule has 0 radical (unpaired) electrons. The number of rotatable bonds is 3. The zero-order valence-corrected chi connectivity index (χ0v) is 14.1. The number of carboxylic acid groups (broad SMARTS) is 1. The van der Waals surface area contributed by atoms with Gasteiger partial charge >= 0.3 is 12.0 Å². The van der Waals surface area contributed by atoms with Crippen LogP contribution in [0.25, 0.3) is 0 Å². The van der Waals surface area contributed by atoms with E-state index in [0.717, 1.165) is 43.6 Å². The number of piperidine rings is 1. The summed E-state index contributed by atoms with van der Waals surface area (Å²) >= 11 is 0. The molecule has 2 amide bonds. The number of aromatic amines is 1. The molecule has 1 unspecified atom stereocenters. The van der Waals surface area contributed by atoms with E-state index in [2.05, 4.69) is 21.6 Å². The largest absolute Gasteiger partial charge is 0.481 e. The molecule has 2 heterocycles. The molecule has 1 saturated carbocycles. The minimum absolute atomic E-state index is 0.0225. The lowest BCUT2D eigenvalue weighted by Gasteiger charge is -2.34. The zero-order valence-electron chi connectivity index (χ0n) is 14.1. The molecule has 3 N–H and O–H groups in total. The minimum Gasteiger partial charge on any atom is -0.481 e. The first-order valence-corrected chi connectivity index (χ1v) is 8.83. The number of nitrogens with one attached hydrogen (secondary N) is 2. The van der Waals surface area contributed by atoms with Gasteiger partial charge in [-0.25, -0.2) is 4.79 Å². The molecule has 7 heteroatoms. The van der Waals surface area contributed by atoms with E-state index in [9.17, 15) is 9.59 Å². The molecule has 1 aromatic rings. The highest BCUT2D eigenvalue weighted by molar-refractivity contribution is 5.75. The van der Waals surface area contributed by atoms with Crippen LogP contribution in [0.5, 0.6) is 0 Å². The van der Waals surface area contributed by atoms with Gasteiger partial charge in [0.1, 0.15) is 0 Å². The van der Waals surface area contributed by atoms with Crippen LogP contribution in [-0.4, -0.2) is 51.3 Å². The second kappa shape index (κ2) is 7.23. The molecule has 3 rings (SSSR count). The summed E-state index contributed by atoms with van der Waals surface area (Å²) in [4.78, 5) is 25.4. The van der Waals surface area contributed by atoms with Crippen LogP contribution in [0.3, 0.4) is 0 Å². The maximum absolute atomic E-state index is 12.5. The van der Waals surface area contributed by atoms with Crippen molar-refractivity contribution >= 4 is 12.0 Å². The van der Waals surface area contributed by atoms with Crippen LogP contribution in [0.15, 0.2) is 6.07 Å². The third kappa shape index (κ3) is 3.88. The molecule has 2 aliphatic rings. The van der Waals surface area contributed by atoms with Gasteiger partial charge in [0.05, 0.1) is 11.6 Å². The summed E-state index contributed by atoms with van der Waals surface area (Å²) in [6.07, 6.45) is 4.83. The van der Waals surface area contributed by atoms with E-state index in [1.54, 1.807) is 0 Å². The number of hydrogen-bond acceptors (Lipinski definition) is 3. The number of likely N-dealkylation sites (tertiary alicyclic amines) is 1. The van der Waals surface area contributed by atoms with Gasteiger partial charge in [-0.1, -0.05) is 0 Å². The monoisotopic (exact) mass is 334 g/mol. The van der Waals surface area contributed by atoms with Crippen LogP contribution < -0.4 is 5.32 Å². The SMILES string of the molecule is Cc1cc(C2CCCN(C(=O)NC3CCC(C(=O)O)CC3)C2)n[nH]1. The highest BCUT2D eigenvalue weighted by Gasteiger charge is 2.30. The van der Waals surface area contributed by atoms with Gasteiger partial charge in [-0.05, 0) is 51.5 Å². The Kier molecular flexibility index (Phi) is 5.06. The number of aromatic nitrogens is 2. The van der Waals surface area contributed by atoms with Gasteiger partial charge in [0, 0.05) is 30.7 Å². The van der Waals surface area contributed by atoms with Crippen molar-refractivity contribution in [1.82, 2.24) is 20.4 Å². The average Bonchev–Trinajstić information content (AvgIpc) is 3.02. The Morgan fingerprint density at radius 2 is 2.04 bits per heavy atom. The van der Waals surface area contributed by atoms with Crippen molar-refractivity contribution in [2.75, 3.05) is 13.1 Å². The minimum atomic E-state index is -0.715. The number of carbonyl (C=O) groups excluding carboxylic acids is 1. The number of aryl methyl sites for hydroxylation is 1. The molecule has 1 atom stereocenters. The number of carboxylic acids is 1. The van der Waals surface area contributed by atoms with E-state index in [0.29, 0.717) is 19.4 Å². The number of carbonyl (C=O) groups is 2. The Morgan fingerprint density at radius 1 is 1.29 bits per heavy atom.